The van der Waals surface area contributed by atoms with Gasteiger partial charge >= 0.3 is 0 Å². The molecule has 9 nitrogen and oxygen atoms in total. The number of benzene rings is 1. The second-order valence-corrected chi connectivity index (χ2v) is 10.6. The van der Waals surface area contributed by atoms with Crippen molar-refractivity contribution in [3.05, 3.63) is 53.7 Å². The molecule has 3 aromatic heterocycles. The van der Waals surface area contributed by atoms with Gasteiger partial charge in [0.05, 0.1) is 22.6 Å². The van der Waals surface area contributed by atoms with Crippen LogP contribution in [0.3, 0.4) is 0 Å². The Balaban J connectivity index is 1.25. The molecule has 0 radical (unpaired) electrons. The molecule has 3 heterocycles. The molecule has 0 spiro atoms. The third kappa shape index (κ3) is 6.11. The SMILES string of the molecule is CN(C)CCC1CCC(NC(=O)c2cc3cc(Nc4nccc(-c5cn(C)cn5)n4)cc(Cl)c3[nH]2)CC1. The van der Waals surface area contributed by atoms with E-state index in [9.17, 15) is 4.79 Å². The number of carbonyl (C=O) groups excluding carboxylic acids is 1. The van der Waals surface area contributed by atoms with Crippen LogP contribution >= 0.6 is 11.6 Å². The molecular formula is C27H33ClN8O. The number of fused-ring (bicyclic) bond motifs is 1. The summed E-state index contributed by atoms with van der Waals surface area (Å²) in [6.07, 6.45) is 10.9. The number of H-pyrrole nitrogens is 1. The topological polar surface area (TPSA) is 104 Å². The van der Waals surface area contributed by atoms with Crippen LogP contribution in [0.5, 0.6) is 0 Å². The number of aryl methyl sites for hydroxylation is 1. The van der Waals surface area contributed by atoms with Crippen LogP contribution in [0, 0.1) is 5.92 Å². The second kappa shape index (κ2) is 10.9. The van der Waals surface area contributed by atoms with Crippen molar-refractivity contribution in [3.8, 4) is 11.4 Å². The summed E-state index contributed by atoms with van der Waals surface area (Å²) in [4.78, 5) is 31.7. The summed E-state index contributed by atoms with van der Waals surface area (Å²) < 4.78 is 1.87. The standard InChI is InChI=1S/C27H33ClN8O/c1-35(2)11-9-17-4-6-19(7-5-17)31-26(37)23-13-18-12-20(14-21(28)25(18)33-23)32-27-29-10-8-22(34-27)24-15-36(3)16-30-24/h8,10,12-17,19,33H,4-7,9,11H2,1-3H3,(H,31,37)(H,29,32,34). The van der Waals surface area contributed by atoms with Crippen LogP contribution in [0.25, 0.3) is 22.3 Å². The maximum Gasteiger partial charge on any atom is 0.267 e. The van der Waals surface area contributed by atoms with E-state index in [0.29, 0.717) is 16.7 Å². The highest BCUT2D eigenvalue weighted by Gasteiger charge is 2.23. The van der Waals surface area contributed by atoms with Crippen molar-refractivity contribution < 1.29 is 4.79 Å². The summed E-state index contributed by atoms with van der Waals surface area (Å²) in [5.41, 5.74) is 3.46. The first-order chi connectivity index (χ1) is 17.8. The molecule has 1 fully saturated rings. The zero-order valence-electron chi connectivity index (χ0n) is 21.5. The van der Waals surface area contributed by atoms with Crippen LogP contribution in [-0.4, -0.2) is 62.0 Å². The first-order valence-electron chi connectivity index (χ1n) is 12.7. The molecular weight excluding hydrogens is 488 g/mol. The molecule has 0 aliphatic heterocycles. The van der Waals surface area contributed by atoms with E-state index in [1.54, 1.807) is 18.6 Å². The Morgan fingerprint density at radius 2 is 1.97 bits per heavy atom. The molecule has 0 bridgehead atoms. The highest BCUT2D eigenvalue weighted by atomic mass is 35.5. The van der Waals surface area contributed by atoms with E-state index in [4.69, 9.17) is 11.6 Å². The molecule has 1 aromatic carbocycles. The number of hydrogen-bond donors (Lipinski definition) is 3. The van der Waals surface area contributed by atoms with Gasteiger partial charge < -0.3 is 25.1 Å². The van der Waals surface area contributed by atoms with E-state index in [1.807, 2.05) is 36.0 Å². The molecule has 5 rings (SSSR count). The van der Waals surface area contributed by atoms with Crippen LogP contribution in [0.15, 0.2) is 43.0 Å². The van der Waals surface area contributed by atoms with Gasteiger partial charge in [-0.3, -0.25) is 4.79 Å². The maximum atomic E-state index is 13.0. The summed E-state index contributed by atoms with van der Waals surface area (Å²) in [6.45, 7) is 1.12. The van der Waals surface area contributed by atoms with E-state index in [1.165, 1.54) is 6.42 Å². The van der Waals surface area contributed by atoms with Crippen LogP contribution in [0.2, 0.25) is 5.02 Å². The Morgan fingerprint density at radius 3 is 2.70 bits per heavy atom. The summed E-state index contributed by atoms with van der Waals surface area (Å²) >= 11 is 6.58. The number of nitrogens with zero attached hydrogens (tertiary/aromatic N) is 5. The lowest BCUT2D eigenvalue weighted by atomic mass is 9.84. The normalized spacial score (nSPS) is 17.9. The Hall–Kier alpha value is -3.43. The number of amides is 1. The number of nitrogens with one attached hydrogen (secondary N) is 3. The van der Waals surface area contributed by atoms with Crippen LogP contribution in [0.1, 0.15) is 42.6 Å². The van der Waals surface area contributed by atoms with Gasteiger partial charge in [-0.15, -0.1) is 0 Å². The van der Waals surface area contributed by atoms with Gasteiger partial charge in [-0.25, -0.2) is 15.0 Å². The summed E-state index contributed by atoms with van der Waals surface area (Å²) in [5, 5.41) is 7.79. The van der Waals surface area contributed by atoms with Gasteiger partial charge in [-0.2, -0.15) is 0 Å². The number of aromatic amines is 1. The average molecular weight is 521 g/mol. The Bertz CT molecular complexity index is 1390. The fourth-order valence-corrected chi connectivity index (χ4v) is 5.20. The van der Waals surface area contributed by atoms with Crippen molar-refractivity contribution in [2.75, 3.05) is 26.0 Å². The zero-order valence-corrected chi connectivity index (χ0v) is 22.2. The van der Waals surface area contributed by atoms with Gasteiger partial charge in [-0.1, -0.05) is 11.6 Å². The number of rotatable bonds is 8. The van der Waals surface area contributed by atoms with Crippen molar-refractivity contribution in [1.29, 1.82) is 0 Å². The Morgan fingerprint density at radius 1 is 1.16 bits per heavy atom. The van der Waals surface area contributed by atoms with Gasteiger partial charge in [-0.05, 0) is 82.9 Å². The average Bonchev–Trinajstić information content (AvgIpc) is 3.51. The molecule has 0 saturated heterocycles. The second-order valence-electron chi connectivity index (χ2n) is 10.2. The summed E-state index contributed by atoms with van der Waals surface area (Å²) in [7, 11) is 6.15. The molecule has 194 valence electrons. The third-order valence-electron chi connectivity index (χ3n) is 6.97. The van der Waals surface area contributed by atoms with Crippen molar-refractivity contribution in [1.82, 2.24) is 34.7 Å². The highest BCUT2D eigenvalue weighted by Crippen LogP contribution is 2.31. The number of anilines is 2. The maximum absolute atomic E-state index is 13.0. The lowest BCUT2D eigenvalue weighted by Gasteiger charge is -2.29. The molecule has 4 aromatic rings. The Labute approximate surface area is 221 Å². The van der Waals surface area contributed by atoms with E-state index < -0.39 is 0 Å². The number of carbonyl (C=O) groups is 1. The molecule has 10 heteroatoms. The molecule has 37 heavy (non-hydrogen) atoms. The van der Waals surface area contributed by atoms with Gasteiger partial charge in [0.1, 0.15) is 11.4 Å². The zero-order chi connectivity index (χ0) is 25.9. The number of aromatic nitrogens is 5. The molecule has 1 saturated carbocycles. The van der Waals surface area contributed by atoms with Gasteiger partial charge in [0.15, 0.2) is 0 Å². The first kappa shape index (κ1) is 25.2. The lowest BCUT2D eigenvalue weighted by Crippen LogP contribution is -2.38. The summed E-state index contributed by atoms with van der Waals surface area (Å²) in [5.74, 6) is 1.10. The number of imidazole rings is 1. The molecule has 1 aliphatic carbocycles. The molecule has 1 aliphatic rings. The minimum atomic E-state index is -0.0927. The molecule has 3 N–H and O–H groups in total. The molecule has 0 unspecified atom stereocenters. The summed E-state index contributed by atoms with van der Waals surface area (Å²) in [6, 6.07) is 7.60. The monoisotopic (exact) mass is 520 g/mol. The van der Waals surface area contributed by atoms with E-state index in [2.05, 4.69) is 49.6 Å². The predicted octanol–water partition coefficient (Wildman–Crippen LogP) is 5.00. The largest absolute Gasteiger partial charge is 0.349 e. The third-order valence-corrected chi connectivity index (χ3v) is 7.27. The minimum Gasteiger partial charge on any atom is -0.349 e. The molecule has 1 amide bonds. The predicted molar refractivity (Wildman–Crippen MR) is 147 cm³/mol. The smallest absolute Gasteiger partial charge is 0.267 e. The lowest BCUT2D eigenvalue weighted by molar-refractivity contribution is 0.0916. The van der Waals surface area contributed by atoms with Crippen LogP contribution in [-0.2, 0) is 7.05 Å². The number of halogens is 1. The highest BCUT2D eigenvalue weighted by molar-refractivity contribution is 6.35. The van der Waals surface area contributed by atoms with E-state index in [-0.39, 0.29) is 11.9 Å². The van der Waals surface area contributed by atoms with Crippen LogP contribution in [0.4, 0.5) is 11.6 Å². The van der Waals surface area contributed by atoms with E-state index >= 15 is 0 Å². The van der Waals surface area contributed by atoms with Crippen molar-refractivity contribution in [3.63, 3.8) is 0 Å². The van der Waals surface area contributed by atoms with Crippen molar-refractivity contribution >= 4 is 40.0 Å². The van der Waals surface area contributed by atoms with Gasteiger partial charge in [0.2, 0.25) is 5.95 Å². The van der Waals surface area contributed by atoms with Crippen LogP contribution < -0.4 is 10.6 Å². The van der Waals surface area contributed by atoms with Gasteiger partial charge in [0.25, 0.3) is 5.91 Å². The van der Waals surface area contributed by atoms with Gasteiger partial charge in [0, 0.05) is 36.6 Å². The molecule has 0 atom stereocenters. The fraction of sp³-hybridized carbons (Fsp3) is 0.407. The van der Waals surface area contributed by atoms with Crippen molar-refractivity contribution in [2.24, 2.45) is 13.0 Å². The van der Waals surface area contributed by atoms with Crippen molar-refractivity contribution in [2.45, 2.75) is 38.1 Å². The number of hydrogen-bond acceptors (Lipinski definition) is 6. The first-order valence-corrected chi connectivity index (χ1v) is 13.1. The Kier molecular flexibility index (Phi) is 7.43. The van der Waals surface area contributed by atoms with E-state index in [0.717, 1.165) is 66.1 Å². The fourth-order valence-electron chi connectivity index (χ4n) is 4.93. The minimum absolute atomic E-state index is 0.0927. The quantitative estimate of drug-likeness (QED) is 0.302.